The maximum atomic E-state index is 12.9. The molecule has 23 heavy (non-hydrogen) atoms. The van der Waals surface area contributed by atoms with Crippen LogP contribution in [0.25, 0.3) is 0 Å². The van der Waals surface area contributed by atoms with Crippen molar-refractivity contribution in [2.45, 2.75) is 57.3 Å². The summed E-state index contributed by atoms with van der Waals surface area (Å²) in [6, 6.07) is 1.88. The average Bonchev–Trinajstić information content (AvgIpc) is 3.18. The molecule has 0 unspecified atom stereocenters. The Bertz CT molecular complexity index is 529. The van der Waals surface area contributed by atoms with Gasteiger partial charge >= 0.3 is 6.18 Å². The third-order valence-electron chi connectivity index (χ3n) is 5.10. The number of halogens is 3. The van der Waals surface area contributed by atoms with Gasteiger partial charge in [-0.25, -0.2) is 0 Å². The molecule has 3 rings (SSSR count). The quantitative estimate of drug-likeness (QED) is 0.854. The van der Waals surface area contributed by atoms with Crippen LogP contribution in [0.3, 0.4) is 0 Å². The molecule has 1 aromatic heterocycles. The number of nitrogens with zero attached hydrogens (tertiary/aromatic N) is 3. The molecule has 0 N–H and O–H groups in total. The van der Waals surface area contributed by atoms with E-state index >= 15 is 0 Å². The minimum atomic E-state index is -4.18. The second-order valence-corrected chi connectivity index (χ2v) is 6.66. The van der Waals surface area contributed by atoms with Crippen molar-refractivity contribution in [2.75, 3.05) is 6.54 Å². The number of likely N-dealkylation sites (tertiary alicyclic amines) is 1. The van der Waals surface area contributed by atoms with E-state index in [-0.39, 0.29) is 24.8 Å². The molecule has 0 radical (unpaired) electrons. The predicted octanol–water partition coefficient (Wildman–Crippen LogP) is 3.24. The van der Waals surface area contributed by atoms with E-state index in [0.717, 1.165) is 12.8 Å². The highest BCUT2D eigenvalue weighted by Crippen LogP contribution is 2.41. The molecule has 2 heterocycles. The fourth-order valence-electron chi connectivity index (χ4n) is 3.89. The lowest BCUT2D eigenvalue weighted by atomic mass is 9.80. The van der Waals surface area contributed by atoms with Gasteiger partial charge in [0.2, 0.25) is 5.91 Å². The zero-order chi connectivity index (χ0) is 16.4. The van der Waals surface area contributed by atoms with Crippen LogP contribution in [0.1, 0.15) is 38.5 Å². The van der Waals surface area contributed by atoms with Crippen LogP contribution in [-0.2, 0) is 11.3 Å². The summed E-state index contributed by atoms with van der Waals surface area (Å²) in [7, 11) is 0. The molecule has 128 valence electrons. The third-order valence-corrected chi connectivity index (χ3v) is 5.10. The van der Waals surface area contributed by atoms with E-state index in [0.29, 0.717) is 25.9 Å². The fourth-order valence-corrected chi connectivity index (χ4v) is 3.89. The number of aromatic nitrogens is 2. The first-order valence-electron chi connectivity index (χ1n) is 8.30. The highest BCUT2D eigenvalue weighted by atomic mass is 19.4. The predicted molar refractivity (Wildman–Crippen MR) is 78.5 cm³/mol. The Hall–Kier alpha value is -1.53. The number of amides is 1. The molecule has 1 aliphatic heterocycles. The molecule has 0 bridgehead atoms. The lowest BCUT2D eigenvalue weighted by Crippen LogP contribution is -2.44. The first-order valence-corrected chi connectivity index (χ1v) is 8.30. The SMILES string of the molecule is O=C([C@@H]1CCC[C@@H](C(F)(F)F)C1)N1CCC[C@@H]1Cn1cccn1. The van der Waals surface area contributed by atoms with Gasteiger partial charge in [0.25, 0.3) is 0 Å². The van der Waals surface area contributed by atoms with E-state index in [1.165, 1.54) is 0 Å². The molecule has 2 fully saturated rings. The minimum absolute atomic E-state index is 0.0483. The first-order chi connectivity index (χ1) is 10.9. The van der Waals surface area contributed by atoms with Gasteiger partial charge in [-0.05, 0) is 38.2 Å². The number of carbonyl (C=O) groups excluding carboxylic acids is 1. The monoisotopic (exact) mass is 329 g/mol. The van der Waals surface area contributed by atoms with Crippen molar-refractivity contribution >= 4 is 5.91 Å². The van der Waals surface area contributed by atoms with Crippen molar-refractivity contribution in [1.29, 1.82) is 0 Å². The van der Waals surface area contributed by atoms with Crippen LogP contribution < -0.4 is 0 Å². The maximum absolute atomic E-state index is 12.9. The number of hydrogen-bond donors (Lipinski definition) is 0. The van der Waals surface area contributed by atoms with Crippen molar-refractivity contribution in [3.05, 3.63) is 18.5 Å². The summed E-state index contributed by atoms with van der Waals surface area (Å²) in [5.41, 5.74) is 0. The zero-order valence-electron chi connectivity index (χ0n) is 13.0. The van der Waals surface area contributed by atoms with Crippen molar-refractivity contribution in [3.63, 3.8) is 0 Å². The molecule has 0 aromatic carbocycles. The van der Waals surface area contributed by atoms with Crippen LogP contribution in [0.2, 0.25) is 0 Å². The van der Waals surface area contributed by atoms with E-state index in [1.807, 2.05) is 12.3 Å². The van der Waals surface area contributed by atoms with E-state index in [2.05, 4.69) is 5.10 Å². The number of alkyl halides is 3. The van der Waals surface area contributed by atoms with Crippen molar-refractivity contribution in [3.8, 4) is 0 Å². The summed E-state index contributed by atoms with van der Waals surface area (Å²) >= 11 is 0. The summed E-state index contributed by atoms with van der Waals surface area (Å²) in [4.78, 5) is 14.5. The van der Waals surface area contributed by atoms with Gasteiger partial charge < -0.3 is 4.90 Å². The Kier molecular flexibility index (Phi) is 4.64. The standard InChI is InChI=1S/C16H22F3N3O/c17-16(18,19)13-5-1-4-12(10-13)15(23)22-9-2-6-14(22)11-21-8-3-7-20-21/h3,7-8,12-14H,1-2,4-6,9-11H2/t12-,13-,14-/m1/s1. The molecule has 2 aliphatic rings. The van der Waals surface area contributed by atoms with Gasteiger partial charge in [-0.1, -0.05) is 6.42 Å². The number of hydrogen-bond acceptors (Lipinski definition) is 2. The molecule has 7 heteroatoms. The summed E-state index contributed by atoms with van der Waals surface area (Å²) < 4.78 is 40.6. The number of rotatable bonds is 3. The second-order valence-electron chi connectivity index (χ2n) is 6.66. The molecule has 1 aliphatic carbocycles. The van der Waals surface area contributed by atoms with Crippen LogP contribution in [0.4, 0.5) is 13.2 Å². The smallest absolute Gasteiger partial charge is 0.338 e. The molecule has 1 saturated heterocycles. The van der Waals surface area contributed by atoms with Crippen molar-refractivity contribution < 1.29 is 18.0 Å². The van der Waals surface area contributed by atoms with Gasteiger partial charge in [0.05, 0.1) is 18.5 Å². The molecular formula is C16H22F3N3O. The molecule has 4 nitrogen and oxygen atoms in total. The van der Waals surface area contributed by atoms with Crippen molar-refractivity contribution in [1.82, 2.24) is 14.7 Å². The Morgan fingerprint density at radius 2 is 2.04 bits per heavy atom. The Morgan fingerprint density at radius 3 is 2.74 bits per heavy atom. The summed E-state index contributed by atoms with van der Waals surface area (Å²) in [5.74, 6) is -1.89. The summed E-state index contributed by atoms with van der Waals surface area (Å²) in [6.07, 6.45) is 2.33. The number of carbonyl (C=O) groups is 1. The molecule has 0 spiro atoms. The lowest BCUT2D eigenvalue weighted by Gasteiger charge is -2.34. The van der Waals surface area contributed by atoms with E-state index in [9.17, 15) is 18.0 Å². The first kappa shape index (κ1) is 16.3. The van der Waals surface area contributed by atoms with Crippen LogP contribution >= 0.6 is 0 Å². The van der Waals surface area contributed by atoms with Crippen LogP contribution in [-0.4, -0.2) is 39.4 Å². The van der Waals surface area contributed by atoms with Gasteiger partial charge in [-0.15, -0.1) is 0 Å². The van der Waals surface area contributed by atoms with Gasteiger partial charge in [-0.2, -0.15) is 18.3 Å². The maximum Gasteiger partial charge on any atom is 0.391 e. The van der Waals surface area contributed by atoms with E-state index in [1.54, 1.807) is 15.8 Å². The highest BCUT2D eigenvalue weighted by Gasteiger charge is 2.45. The second kappa shape index (κ2) is 6.53. The Balaban J connectivity index is 1.64. The molecule has 1 amide bonds. The third kappa shape index (κ3) is 3.70. The highest BCUT2D eigenvalue weighted by molar-refractivity contribution is 5.79. The van der Waals surface area contributed by atoms with E-state index in [4.69, 9.17) is 0 Å². The van der Waals surface area contributed by atoms with Crippen molar-refractivity contribution in [2.24, 2.45) is 11.8 Å². The Morgan fingerprint density at radius 1 is 1.22 bits per heavy atom. The molecule has 1 saturated carbocycles. The lowest BCUT2D eigenvalue weighted by molar-refractivity contribution is -0.187. The van der Waals surface area contributed by atoms with Gasteiger partial charge in [0.15, 0.2) is 0 Å². The van der Waals surface area contributed by atoms with Crippen LogP contribution in [0.15, 0.2) is 18.5 Å². The van der Waals surface area contributed by atoms with E-state index < -0.39 is 18.0 Å². The Labute approximate surface area is 133 Å². The normalized spacial score (nSPS) is 29.0. The van der Waals surface area contributed by atoms with Gasteiger partial charge in [0.1, 0.15) is 0 Å². The summed E-state index contributed by atoms with van der Waals surface area (Å²) in [6.45, 7) is 1.27. The topological polar surface area (TPSA) is 38.1 Å². The van der Waals surface area contributed by atoms with Gasteiger partial charge in [-0.3, -0.25) is 9.48 Å². The molecule has 1 aromatic rings. The molecular weight excluding hydrogens is 307 g/mol. The largest absolute Gasteiger partial charge is 0.391 e. The van der Waals surface area contributed by atoms with Gasteiger partial charge in [0, 0.05) is 24.9 Å². The minimum Gasteiger partial charge on any atom is -0.338 e. The zero-order valence-corrected chi connectivity index (χ0v) is 13.0. The fraction of sp³-hybridized carbons (Fsp3) is 0.750. The van der Waals surface area contributed by atoms with Crippen LogP contribution in [0.5, 0.6) is 0 Å². The summed E-state index contributed by atoms with van der Waals surface area (Å²) in [5, 5.41) is 4.16. The molecule has 3 atom stereocenters. The van der Waals surface area contributed by atoms with Crippen LogP contribution in [0, 0.1) is 11.8 Å². The average molecular weight is 329 g/mol.